The van der Waals surface area contributed by atoms with Gasteiger partial charge in [0.2, 0.25) is 0 Å². The molecule has 0 fully saturated rings. The van der Waals surface area contributed by atoms with Crippen molar-refractivity contribution in [3.05, 3.63) is 77.5 Å². The molecule has 0 aliphatic carbocycles. The molecule has 7 heteroatoms. The van der Waals surface area contributed by atoms with E-state index in [2.05, 4.69) is 41.2 Å². The highest BCUT2D eigenvalue weighted by Crippen LogP contribution is 2.27. The maximum atomic E-state index is 13.6. The summed E-state index contributed by atoms with van der Waals surface area (Å²) in [5.41, 5.74) is 2.10. The van der Waals surface area contributed by atoms with Gasteiger partial charge in [-0.3, -0.25) is 9.78 Å². The number of aromatic nitrogens is 4. The van der Waals surface area contributed by atoms with Gasteiger partial charge in [0.05, 0.1) is 16.8 Å². The number of nitrogens with one attached hydrogen (secondary N) is 1. The van der Waals surface area contributed by atoms with Crippen molar-refractivity contribution in [2.75, 3.05) is 5.32 Å². The van der Waals surface area contributed by atoms with Crippen LogP contribution in [0.25, 0.3) is 16.7 Å². The van der Waals surface area contributed by atoms with E-state index >= 15 is 0 Å². The summed E-state index contributed by atoms with van der Waals surface area (Å²) in [6.45, 7) is 7.94. The molecule has 30 heavy (non-hydrogen) atoms. The molecule has 3 aromatic heterocycles. The predicted octanol–water partition coefficient (Wildman–Crippen LogP) is 4.81. The normalized spacial score (nSPS) is 11.6. The lowest BCUT2D eigenvalue weighted by molar-refractivity contribution is 0.102. The SMILES string of the molecule is Cc1cc(C(=O)Nc2cc(C(C)(C)C)nn2-c2ccccn2)c2ccc(F)cc2n1. The van der Waals surface area contributed by atoms with E-state index in [4.69, 9.17) is 0 Å². The first kappa shape index (κ1) is 19.7. The Balaban J connectivity index is 1.79. The Morgan fingerprint density at radius 2 is 1.90 bits per heavy atom. The smallest absolute Gasteiger partial charge is 0.257 e. The Morgan fingerprint density at radius 1 is 1.10 bits per heavy atom. The van der Waals surface area contributed by atoms with Gasteiger partial charge in [-0.1, -0.05) is 26.8 Å². The number of halogens is 1. The standard InChI is InChI=1S/C23H22FN5O/c1-14-11-17(16-9-8-15(24)12-18(16)26-14)22(30)27-21-13-19(23(2,3)4)28-29(21)20-7-5-6-10-25-20/h5-13H,1-4H3,(H,27,30). The van der Waals surface area contributed by atoms with Crippen LogP contribution in [0.1, 0.15) is 42.5 Å². The van der Waals surface area contributed by atoms with E-state index in [0.717, 1.165) is 5.69 Å². The van der Waals surface area contributed by atoms with Crippen LogP contribution in [0.15, 0.2) is 54.7 Å². The molecule has 3 heterocycles. The van der Waals surface area contributed by atoms with Gasteiger partial charge in [0.1, 0.15) is 11.6 Å². The second-order valence-electron chi connectivity index (χ2n) is 8.19. The summed E-state index contributed by atoms with van der Waals surface area (Å²) in [7, 11) is 0. The lowest BCUT2D eigenvalue weighted by Gasteiger charge is -2.13. The maximum absolute atomic E-state index is 13.6. The highest BCUT2D eigenvalue weighted by atomic mass is 19.1. The van der Waals surface area contributed by atoms with E-state index < -0.39 is 5.82 Å². The zero-order chi connectivity index (χ0) is 21.5. The van der Waals surface area contributed by atoms with Crippen LogP contribution in [0.3, 0.4) is 0 Å². The van der Waals surface area contributed by atoms with Gasteiger partial charge in [0, 0.05) is 34.8 Å². The van der Waals surface area contributed by atoms with Crippen LogP contribution in [-0.2, 0) is 5.41 Å². The van der Waals surface area contributed by atoms with Gasteiger partial charge in [-0.05, 0) is 37.3 Å². The van der Waals surface area contributed by atoms with Gasteiger partial charge < -0.3 is 5.32 Å². The van der Waals surface area contributed by atoms with Crippen molar-refractivity contribution in [1.29, 1.82) is 0 Å². The fraction of sp³-hybridized carbons (Fsp3) is 0.217. The summed E-state index contributed by atoms with van der Waals surface area (Å²) in [5.74, 6) is 0.388. The number of anilines is 1. The van der Waals surface area contributed by atoms with Crippen molar-refractivity contribution in [3.8, 4) is 5.82 Å². The topological polar surface area (TPSA) is 72.7 Å². The van der Waals surface area contributed by atoms with E-state index in [9.17, 15) is 9.18 Å². The van der Waals surface area contributed by atoms with Crippen LogP contribution < -0.4 is 5.32 Å². The highest BCUT2D eigenvalue weighted by Gasteiger charge is 2.23. The first-order valence-corrected chi connectivity index (χ1v) is 9.62. The molecule has 0 saturated carbocycles. The third-order valence-corrected chi connectivity index (χ3v) is 4.73. The van der Waals surface area contributed by atoms with E-state index in [1.807, 2.05) is 24.3 Å². The van der Waals surface area contributed by atoms with Gasteiger partial charge in [-0.2, -0.15) is 9.78 Å². The summed E-state index contributed by atoms with van der Waals surface area (Å²) in [6.07, 6.45) is 1.67. The molecule has 0 atom stereocenters. The molecule has 1 aromatic carbocycles. The minimum Gasteiger partial charge on any atom is -0.306 e. The third-order valence-electron chi connectivity index (χ3n) is 4.73. The highest BCUT2D eigenvalue weighted by molar-refractivity contribution is 6.12. The number of fused-ring (bicyclic) bond motifs is 1. The molecule has 0 radical (unpaired) electrons. The lowest BCUT2D eigenvalue weighted by atomic mass is 9.92. The van der Waals surface area contributed by atoms with Crippen molar-refractivity contribution in [3.63, 3.8) is 0 Å². The molecule has 0 bridgehead atoms. The molecule has 0 saturated heterocycles. The van der Waals surface area contributed by atoms with Crippen LogP contribution in [-0.4, -0.2) is 25.7 Å². The molecule has 152 valence electrons. The average molecular weight is 403 g/mol. The van der Waals surface area contributed by atoms with Crippen LogP contribution in [0.4, 0.5) is 10.2 Å². The van der Waals surface area contributed by atoms with Gasteiger partial charge in [0.15, 0.2) is 5.82 Å². The van der Waals surface area contributed by atoms with Crippen molar-refractivity contribution < 1.29 is 9.18 Å². The number of carbonyl (C=O) groups excluding carboxylic acids is 1. The molecule has 0 unspecified atom stereocenters. The second kappa shape index (κ2) is 7.33. The monoisotopic (exact) mass is 403 g/mol. The Morgan fingerprint density at radius 3 is 2.60 bits per heavy atom. The number of aryl methyl sites for hydroxylation is 1. The fourth-order valence-electron chi connectivity index (χ4n) is 3.20. The predicted molar refractivity (Wildman–Crippen MR) is 114 cm³/mol. The number of benzene rings is 1. The first-order chi connectivity index (χ1) is 14.2. The van der Waals surface area contributed by atoms with E-state index in [-0.39, 0.29) is 11.3 Å². The molecule has 6 nitrogen and oxygen atoms in total. The number of amides is 1. The molecular formula is C23H22FN5O. The summed E-state index contributed by atoms with van der Waals surface area (Å²) < 4.78 is 15.3. The molecule has 4 aromatic rings. The van der Waals surface area contributed by atoms with Crippen molar-refractivity contribution in [1.82, 2.24) is 19.7 Å². The van der Waals surface area contributed by atoms with Crippen LogP contribution in [0.5, 0.6) is 0 Å². The van der Waals surface area contributed by atoms with Crippen LogP contribution in [0.2, 0.25) is 0 Å². The minimum absolute atomic E-state index is 0.211. The molecule has 0 aliphatic rings. The molecule has 0 spiro atoms. The Labute approximate surface area is 173 Å². The van der Waals surface area contributed by atoms with Crippen molar-refractivity contribution in [2.24, 2.45) is 0 Å². The fourth-order valence-corrected chi connectivity index (χ4v) is 3.20. The Kier molecular flexibility index (Phi) is 4.81. The van der Waals surface area contributed by atoms with Crippen molar-refractivity contribution in [2.45, 2.75) is 33.1 Å². The largest absolute Gasteiger partial charge is 0.306 e. The molecule has 1 N–H and O–H groups in total. The maximum Gasteiger partial charge on any atom is 0.257 e. The average Bonchev–Trinajstić information content (AvgIpc) is 3.12. The molecule has 1 amide bonds. The Hall–Kier alpha value is -3.61. The van der Waals surface area contributed by atoms with Crippen LogP contribution >= 0.6 is 0 Å². The number of nitrogens with zero attached hydrogens (tertiary/aromatic N) is 4. The third kappa shape index (κ3) is 3.78. The number of hydrogen-bond acceptors (Lipinski definition) is 4. The van der Waals surface area contributed by atoms with E-state index in [1.54, 1.807) is 29.9 Å². The van der Waals surface area contributed by atoms with Crippen molar-refractivity contribution >= 4 is 22.6 Å². The van der Waals surface area contributed by atoms with Gasteiger partial charge in [0.25, 0.3) is 5.91 Å². The summed E-state index contributed by atoms with van der Waals surface area (Å²) in [6, 6.07) is 13.3. The minimum atomic E-state index is -0.394. The molecule has 4 rings (SSSR count). The number of hydrogen-bond donors (Lipinski definition) is 1. The first-order valence-electron chi connectivity index (χ1n) is 9.62. The van der Waals surface area contributed by atoms with Gasteiger partial charge >= 0.3 is 0 Å². The molecular weight excluding hydrogens is 381 g/mol. The summed E-state index contributed by atoms with van der Waals surface area (Å²) >= 11 is 0. The number of rotatable bonds is 3. The van der Waals surface area contributed by atoms with E-state index in [1.165, 1.54) is 12.1 Å². The number of carbonyl (C=O) groups is 1. The lowest BCUT2D eigenvalue weighted by Crippen LogP contribution is -2.16. The quantitative estimate of drug-likeness (QED) is 0.533. The van der Waals surface area contributed by atoms with Gasteiger partial charge in [-0.25, -0.2) is 9.37 Å². The summed E-state index contributed by atoms with van der Waals surface area (Å²) in [5, 5.41) is 8.20. The number of pyridine rings is 2. The Bertz CT molecular complexity index is 1240. The zero-order valence-electron chi connectivity index (χ0n) is 17.3. The second-order valence-corrected chi connectivity index (χ2v) is 8.19. The summed E-state index contributed by atoms with van der Waals surface area (Å²) in [4.78, 5) is 21.9. The van der Waals surface area contributed by atoms with Gasteiger partial charge in [-0.15, -0.1) is 0 Å². The molecule has 0 aliphatic heterocycles. The van der Waals surface area contributed by atoms with E-state index in [0.29, 0.717) is 33.8 Å². The zero-order valence-corrected chi connectivity index (χ0v) is 17.3. The van der Waals surface area contributed by atoms with Crippen LogP contribution in [0, 0.1) is 12.7 Å².